The van der Waals surface area contributed by atoms with Crippen LogP contribution >= 0.6 is 11.8 Å². The standard InChI is InChI=1S/C10H18N4OS/c1-6(2)14-9(11)12-13-10(14)16-8-5-3-4-7(8)15/h6-8,15H,3-5H2,1-2H3,(H2,11,12). The molecule has 1 fully saturated rings. The number of anilines is 1. The zero-order valence-corrected chi connectivity index (χ0v) is 10.4. The lowest BCUT2D eigenvalue weighted by Gasteiger charge is -2.16. The largest absolute Gasteiger partial charge is 0.392 e. The van der Waals surface area contributed by atoms with Gasteiger partial charge in [0, 0.05) is 11.3 Å². The molecule has 6 heteroatoms. The van der Waals surface area contributed by atoms with Crippen LogP contribution in [-0.2, 0) is 0 Å². The second kappa shape index (κ2) is 4.63. The fourth-order valence-corrected chi connectivity index (χ4v) is 3.39. The quantitative estimate of drug-likeness (QED) is 0.839. The molecule has 0 aliphatic heterocycles. The van der Waals surface area contributed by atoms with Gasteiger partial charge in [-0.25, -0.2) is 0 Å². The Bertz CT molecular complexity index is 366. The number of nitrogen functional groups attached to an aromatic ring is 1. The van der Waals surface area contributed by atoms with Crippen molar-refractivity contribution in [3.63, 3.8) is 0 Å². The Hall–Kier alpha value is -0.750. The van der Waals surface area contributed by atoms with E-state index in [0.717, 1.165) is 24.4 Å². The van der Waals surface area contributed by atoms with Crippen molar-refractivity contribution in [3.8, 4) is 0 Å². The Labute approximate surface area is 99.4 Å². The summed E-state index contributed by atoms with van der Waals surface area (Å²) in [5.74, 6) is 0.449. The molecular formula is C10H18N4OS. The highest BCUT2D eigenvalue weighted by atomic mass is 32.2. The normalized spacial score (nSPS) is 25.5. The van der Waals surface area contributed by atoms with Gasteiger partial charge >= 0.3 is 0 Å². The maximum atomic E-state index is 9.78. The van der Waals surface area contributed by atoms with Crippen LogP contribution in [0, 0.1) is 0 Å². The van der Waals surface area contributed by atoms with Crippen LogP contribution in [0.15, 0.2) is 5.16 Å². The van der Waals surface area contributed by atoms with E-state index in [-0.39, 0.29) is 17.4 Å². The van der Waals surface area contributed by atoms with Gasteiger partial charge in [-0.2, -0.15) is 0 Å². The fraction of sp³-hybridized carbons (Fsp3) is 0.800. The molecule has 5 nitrogen and oxygen atoms in total. The predicted octanol–water partition coefficient (Wildman–Crippen LogP) is 1.45. The van der Waals surface area contributed by atoms with Crippen molar-refractivity contribution in [2.75, 3.05) is 5.73 Å². The average molecular weight is 242 g/mol. The van der Waals surface area contributed by atoms with Crippen LogP contribution in [0.2, 0.25) is 0 Å². The average Bonchev–Trinajstić information content (AvgIpc) is 2.75. The number of hydrogen-bond acceptors (Lipinski definition) is 5. The maximum Gasteiger partial charge on any atom is 0.222 e. The van der Waals surface area contributed by atoms with Gasteiger partial charge in [-0.05, 0) is 33.1 Å². The Kier molecular flexibility index (Phi) is 3.39. The second-order valence-electron chi connectivity index (χ2n) is 4.46. The highest BCUT2D eigenvalue weighted by Crippen LogP contribution is 2.35. The topological polar surface area (TPSA) is 77.0 Å². The molecule has 2 rings (SSSR count). The maximum absolute atomic E-state index is 9.78. The number of aromatic nitrogens is 3. The number of thioether (sulfide) groups is 1. The SMILES string of the molecule is CC(C)n1c(N)nnc1SC1CCCC1O. The first-order chi connectivity index (χ1) is 7.59. The van der Waals surface area contributed by atoms with Gasteiger partial charge in [-0.15, -0.1) is 10.2 Å². The molecule has 1 heterocycles. The molecule has 1 saturated carbocycles. The van der Waals surface area contributed by atoms with Crippen LogP contribution in [0.4, 0.5) is 5.95 Å². The lowest BCUT2D eigenvalue weighted by atomic mass is 10.3. The third kappa shape index (κ3) is 2.17. The minimum Gasteiger partial charge on any atom is -0.392 e. The molecule has 0 saturated heterocycles. The van der Waals surface area contributed by atoms with Crippen molar-refractivity contribution in [3.05, 3.63) is 0 Å². The van der Waals surface area contributed by atoms with E-state index in [1.807, 2.05) is 4.57 Å². The number of nitrogens with zero attached hydrogens (tertiary/aromatic N) is 3. The zero-order chi connectivity index (χ0) is 11.7. The monoisotopic (exact) mass is 242 g/mol. The molecule has 0 spiro atoms. The van der Waals surface area contributed by atoms with Crippen LogP contribution in [0.1, 0.15) is 39.2 Å². The van der Waals surface area contributed by atoms with Gasteiger partial charge in [0.1, 0.15) is 0 Å². The van der Waals surface area contributed by atoms with E-state index in [2.05, 4.69) is 24.0 Å². The highest BCUT2D eigenvalue weighted by molar-refractivity contribution is 7.99. The minimum absolute atomic E-state index is 0.219. The molecule has 0 amide bonds. The molecule has 90 valence electrons. The van der Waals surface area contributed by atoms with Gasteiger partial charge in [-0.1, -0.05) is 11.8 Å². The Balaban J connectivity index is 2.15. The molecule has 0 aromatic carbocycles. The third-order valence-corrected chi connectivity index (χ3v) is 4.22. The number of hydrogen-bond donors (Lipinski definition) is 2. The number of aliphatic hydroxyl groups excluding tert-OH is 1. The first-order valence-corrected chi connectivity index (χ1v) is 6.52. The molecule has 1 aromatic rings. The predicted molar refractivity (Wildman–Crippen MR) is 64.3 cm³/mol. The van der Waals surface area contributed by atoms with Crippen molar-refractivity contribution in [1.29, 1.82) is 0 Å². The van der Waals surface area contributed by atoms with Crippen LogP contribution in [0.5, 0.6) is 0 Å². The number of rotatable bonds is 3. The van der Waals surface area contributed by atoms with E-state index >= 15 is 0 Å². The molecule has 1 aliphatic carbocycles. The third-order valence-electron chi connectivity index (χ3n) is 2.88. The molecular weight excluding hydrogens is 224 g/mol. The molecule has 2 atom stereocenters. The van der Waals surface area contributed by atoms with Crippen LogP contribution in [-0.4, -0.2) is 31.2 Å². The molecule has 1 aromatic heterocycles. The summed E-state index contributed by atoms with van der Waals surface area (Å²) in [5.41, 5.74) is 5.76. The first kappa shape index (κ1) is 11.7. The summed E-state index contributed by atoms with van der Waals surface area (Å²) in [7, 11) is 0. The zero-order valence-electron chi connectivity index (χ0n) is 9.63. The summed E-state index contributed by atoms with van der Waals surface area (Å²) >= 11 is 1.59. The van der Waals surface area contributed by atoms with Crippen molar-refractivity contribution in [2.24, 2.45) is 0 Å². The van der Waals surface area contributed by atoms with Gasteiger partial charge in [0.05, 0.1) is 6.10 Å². The molecule has 3 N–H and O–H groups in total. The number of nitrogens with two attached hydrogens (primary N) is 1. The van der Waals surface area contributed by atoms with E-state index in [0.29, 0.717) is 5.95 Å². The van der Waals surface area contributed by atoms with Gasteiger partial charge in [-0.3, -0.25) is 4.57 Å². The molecule has 2 unspecified atom stereocenters. The van der Waals surface area contributed by atoms with Gasteiger partial charge in [0.2, 0.25) is 5.95 Å². The summed E-state index contributed by atoms with van der Waals surface area (Å²) in [4.78, 5) is 0. The van der Waals surface area contributed by atoms with Crippen LogP contribution < -0.4 is 5.73 Å². The summed E-state index contributed by atoms with van der Waals surface area (Å²) < 4.78 is 1.91. The molecule has 0 bridgehead atoms. The summed E-state index contributed by atoms with van der Waals surface area (Å²) in [6.45, 7) is 4.10. The van der Waals surface area contributed by atoms with Crippen molar-refractivity contribution in [1.82, 2.24) is 14.8 Å². The molecule has 16 heavy (non-hydrogen) atoms. The van der Waals surface area contributed by atoms with Crippen molar-refractivity contribution in [2.45, 2.75) is 55.7 Å². The second-order valence-corrected chi connectivity index (χ2v) is 5.67. The Morgan fingerprint density at radius 3 is 2.75 bits per heavy atom. The molecule has 1 aliphatic rings. The fourth-order valence-electron chi connectivity index (χ4n) is 2.03. The van der Waals surface area contributed by atoms with E-state index in [1.54, 1.807) is 11.8 Å². The molecule has 0 radical (unpaired) electrons. The van der Waals surface area contributed by atoms with Gasteiger partial charge < -0.3 is 10.8 Å². The van der Waals surface area contributed by atoms with E-state index < -0.39 is 0 Å². The smallest absolute Gasteiger partial charge is 0.222 e. The van der Waals surface area contributed by atoms with Crippen LogP contribution in [0.25, 0.3) is 0 Å². The van der Waals surface area contributed by atoms with Gasteiger partial charge in [0.15, 0.2) is 5.16 Å². The lowest BCUT2D eigenvalue weighted by Crippen LogP contribution is -2.16. The van der Waals surface area contributed by atoms with E-state index in [4.69, 9.17) is 5.73 Å². The Morgan fingerprint density at radius 2 is 2.19 bits per heavy atom. The summed E-state index contributed by atoms with van der Waals surface area (Å²) in [6, 6.07) is 0.246. The van der Waals surface area contributed by atoms with Gasteiger partial charge in [0.25, 0.3) is 0 Å². The number of aliphatic hydroxyl groups is 1. The van der Waals surface area contributed by atoms with Crippen molar-refractivity contribution < 1.29 is 5.11 Å². The van der Waals surface area contributed by atoms with Crippen LogP contribution in [0.3, 0.4) is 0 Å². The first-order valence-electron chi connectivity index (χ1n) is 5.64. The summed E-state index contributed by atoms with van der Waals surface area (Å²) in [6.07, 6.45) is 2.80. The summed E-state index contributed by atoms with van der Waals surface area (Å²) in [5, 5.41) is 18.8. The Morgan fingerprint density at radius 1 is 1.44 bits per heavy atom. The lowest BCUT2D eigenvalue weighted by molar-refractivity contribution is 0.188. The van der Waals surface area contributed by atoms with E-state index in [1.165, 1.54) is 0 Å². The highest BCUT2D eigenvalue weighted by Gasteiger charge is 2.28. The van der Waals surface area contributed by atoms with Crippen molar-refractivity contribution >= 4 is 17.7 Å². The van der Waals surface area contributed by atoms with E-state index in [9.17, 15) is 5.11 Å². The minimum atomic E-state index is -0.219.